The van der Waals surface area contributed by atoms with Crippen LogP contribution in [0.25, 0.3) is 0 Å². The molecule has 0 N–H and O–H groups in total. The number of hydrogen-bond donors (Lipinski definition) is 0. The van der Waals surface area contributed by atoms with E-state index in [1.54, 1.807) is 5.12 Å². The van der Waals surface area contributed by atoms with E-state index in [-0.39, 0.29) is 6.23 Å². The van der Waals surface area contributed by atoms with Gasteiger partial charge in [0.2, 0.25) is 5.90 Å². The molecule has 0 amide bonds. The number of aldehydes is 1. The number of nitrogens with zero attached hydrogens (tertiary/aromatic N) is 4. The average Bonchev–Trinajstić information content (AvgIpc) is 3.22. The van der Waals surface area contributed by atoms with Crippen LogP contribution in [-0.4, -0.2) is 72.5 Å². The molecule has 2 saturated heterocycles. The van der Waals surface area contributed by atoms with E-state index in [4.69, 9.17) is 14.2 Å². The molecule has 3 aliphatic rings. The number of rotatable bonds is 7. The van der Waals surface area contributed by atoms with Gasteiger partial charge in [0.05, 0.1) is 13.2 Å². The Hall–Kier alpha value is -2.94. The van der Waals surface area contributed by atoms with E-state index in [0.717, 1.165) is 69.0 Å². The van der Waals surface area contributed by atoms with Gasteiger partial charge in [-0.2, -0.15) is 10.1 Å². The number of aryl methyl sites for hydroxylation is 1. The molecule has 0 saturated carbocycles. The molecule has 168 valence electrons. The molecule has 3 heterocycles. The maximum atomic E-state index is 11.6. The number of benzene rings is 2. The highest BCUT2D eigenvalue weighted by molar-refractivity contribution is 5.95. The Kier molecular flexibility index (Phi) is 6.07. The van der Waals surface area contributed by atoms with Crippen LogP contribution >= 0.6 is 0 Å². The minimum absolute atomic E-state index is 0.191. The second-order valence-electron chi connectivity index (χ2n) is 8.25. The third-order valence-corrected chi connectivity index (χ3v) is 6.00. The van der Waals surface area contributed by atoms with Gasteiger partial charge >= 0.3 is 0 Å². The van der Waals surface area contributed by atoms with Crippen LogP contribution in [-0.2, 0) is 20.8 Å². The molecule has 5 rings (SSSR count). The van der Waals surface area contributed by atoms with Gasteiger partial charge < -0.3 is 14.2 Å². The highest BCUT2D eigenvalue weighted by Gasteiger charge is 2.42. The first-order valence-corrected chi connectivity index (χ1v) is 11.1. The van der Waals surface area contributed by atoms with Gasteiger partial charge in [-0.15, -0.1) is 5.10 Å². The van der Waals surface area contributed by atoms with E-state index < -0.39 is 6.23 Å². The molecular weight excluding hydrogens is 408 g/mol. The van der Waals surface area contributed by atoms with E-state index in [1.165, 1.54) is 5.56 Å². The topological polar surface area (TPSA) is 66.8 Å². The third kappa shape index (κ3) is 4.34. The summed E-state index contributed by atoms with van der Waals surface area (Å²) in [5.41, 5.74) is 3.21. The van der Waals surface area contributed by atoms with Gasteiger partial charge in [0, 0.05) is 38.2 Å². The summed E-state index contributed by atoms with van der Waals surface area (Å²) in [7, 11) is 0. The summed E-state index contributed by atoms with van der Waals surface area (Å²) in [5.74, 6) is 1.29. The first kappa shape index (κ1) is 20.9. The Morgan fingerprint density at radius 1 is 1.12 bits per heavy atom. The van der Waals surface area contributed by atoms with Crippen LogP contribution < -0.4 is 4.74 Å². The number of ether oxygens (including phenoxy) is 3. The van der Waals surface area contributed by atoms with Gasteiger partial charge in [-0.25, -0.2) is 0 Å². The Bertz CT molecular complexity index is 977. The first-order chi connectivity index (χ1) is 15.7. The Balaban J connectivity index is 1.25. The molecule has 0 aliphatic carbocycles. The van der Waals surface area contributed by atoms with E-state index in [0.29, 0.717) is 5.90 Å². The largest absolute Gasteiger partial charge is 0.473 e. The van der Waals surface area contributed by atoms with Gasteiger partial charge in [-0.3, -0.25) is 9.69 Å². The average molecular weight is 437 g/mol. The van der Waals surface area contributed by atoms with Crippen molar-refractivity contribution >= 4 is 12.2 Å². The lowest BCUT2D eigenvalue weighted by molar-refractivity contribution is -0.218. The molecule has 32 heavy (non-hydrogen) atoms. The lowest BCUT2D eigenvalue weighted by Gasteiger charge is -2.44. The van der Waals surface area contributed by atoms with E-state index in [2.05, 4.69) is 29.1 Å². The number of carbonyl (C=O) groups is 1. The fraction of sp³-hybridized carbons (Fsp3) is 0.417. The number of hydrazone groups is 1. The van der Waals surface area contributed by atoms with Gasteiger partial charge in [-0.1, -0.05) is 30.3 Å². The van der Waals surface area contributed by atoms with Crippen LogP contribution in [0.5, 0.6) is 5.75 Å². The molecule has 8 heteroatoms. The predicted octanol–water partition coefficient (Wildman–Crippen LogP) is 2.37. The molecule has 2 aromatic rings. The third-order valence-electron chi connectivity index (χ3n) is 6.00. The van der Waals surface area contributed by atoms with Crippen molar-refractivity contribution in [2.75, 3.05) is 32.8 Å². The molecule has 0 aromatic heterocycles. The quantitative estimate of drug-likeness (QED) is 0.618. The summed E-state index contributed by atoms with van der Waals surface area (Å²) in [6.07, 6.45) is 0.644. The lowest BCUT2D eigenvalue weighted by Crippen LogP contribution is -2.60. The molecule has 3 aliphatic heterocycles. The van der Waals surface area contributed by atoms with Crippen molar-refractivity contribution in [1.82, 2.24) is 15.0 Å². The molecule has 2 atom stereocenters. The maximum absolute atomic E-state index is 11.6. The maximum Gasteiger partial charge on any atom is 0.260 e. The van der Waals surface area contributed by atoms with Crippen LogP contribution in [0.4, 0.5) is 0 Å². The van der Waals surface area contributed by atoms with Gasteiger partial charge in [-0.05, 0) is 36.2 Å². The molecule has 8 nitrogen and oxygen atoms in total. The van der Waals surface area contributed by atoms with Crippen LogP contribution in [0.15, 0.2) is 53.6 Å². The van der Waals surface area contributed by atoms with E-state index >= 15 is 0 Å². The minimum Gasteiger partial charge on any atom is -0.473 e. The normalized spacial score (nSPS) is 23.9. The highest BCUT2D eigenvalue weighted by atomic mass is 16.6. The van der Waals surface area contributed by atoms with Crippen molar-refractivity contribution in [3.8, 4) is 5.75 Å². The van der Waals surface area contributed by atoms with Gasteiger partial charge in [0.15, 0.2) is 12.5 Å². The van der Waals surface area contributed by atoms with Gasteiger partial charge in [0.1, 0.15) is 5.75 Å². The Morgan fingerprint density at radius 2 is 1.94 bits per heavy atom. The smallest absolute Gasteiger partial charge is 0.260 e. The lowest BCUT2D eigenvalue weighted by atomic mass is 10.1. The SMILES string of the molecule is Cc1cc(CN2CCOCC2)ccc1OC1CCN1N1N=C(c2ccccc2)OC1C=O. The monoisotopic (exact) mass is 436 g/mol. The molecule has 2 unspecified atom stereocenters. The summed E-state index contributed by atoms with van der Waals surface area (Å²) in [6.45, 7) is 7.27. The minimum atomic E-state index is -0.784. The van der Waals surface area contributed by atoms with Crippen LogP contribution in [0.2, 0.25) is 0 Å². The zero-order chi connectivity index (χ0) is 21.9. The molecular formula is C24H28N4O4. The zero-order valence-corrected chi connectivity index (χ0v) is 18.2. The highest BCUT2D eigenvalue weighted by Crippen LogP contribution is 2.30. The number of carbonyl (C=O) groups excluding carboxylic acids is 1. The van der Waals surface area contributed by atoms with E-state index in [9.17, 15) is 4.79 Å². The number of hydrazine groups is 1. The number of hydrogen-bond acceptors (Lipinski definition) is 8. The van der Waals surface area contributed by atoms with Crippen molar-refractivity contribution in [1.29, 1.82) is 0 Å². The summed E-state index contributed by atoms with van der Waals surface area (Å²) in [5, 5.41) is 8.10. The first-order valence-electron chi connectivity index (χ1n) is 11.1. The summed E-state index contributed by atoms with van der Waals surface area (Å²) < 4.78 is 17.5. The molecule has 2 aromatic carbocycles. The molecule has 0 bridgehead atoms. The zero-order valence-electron chi connectivity index (χ0n) is 18.2. The predicted molar refractivity (Wildman–Crippen MR) is 119 cm³/mol. The summed E-state index contributed by atoms with van der Waals surface area (Å²) in [4.78, 5) is 14.0. The standard InChI is InChI=1S/C24H28N4O4/c1-18-15-19(16-26-11-13-30-14-12-26)7-8-21(18)31-22-9-10-27(22)28-23(17-29)32-24(25-28)20-5-3-2-4-6-20/h2-8,15,17,22-23H,9-14,16H2,1H3. The molecule has 0 spiro atoms. The van der Waals surface area contributed by atoms with Crippen molar-refractivity contribution in [2.45, 2.75) is 32.3 Å². The van der Waals surface area contributed by atoms with Crippen LogP contribution in [0.3, 0.4) is 0 Å². The fourth-order valence-electron chi connectivity index (χ4n) is 4.14. The second-order valence-corrected chi connectivity index (χ2v) is 8.25. The summed E-state index contributed by atoms with van der Waals surface area (Å²) in [6, 6.07) is 15.9. The van der Waals surface area contributed by atoms with Crippen molar-refractivity contribution in [3.05, 3.63) is 65.2 Å². The number of morpholine rings is 1. The molecule has 2 fully saturated rings. The summed E-state index contributed by atoms with van der Waals surface area (Å²) >= 11 is 0. The fourth-order valence-corrected chi connectivity index (χ4v) is 4.14. The van der Waals surface area contributed by atoms with Crippen LogP contribution in [0.1, 0.15) is 23.1 Å². The molecule has 0 radical (unpaired) electrons. The van der Waals surface area contributed by atoms with Crippen molar-refractivity contribution in [3.63, 3.8) is 0 Å². The Labute approximate surface area is 187 Å². The Morgan fingerprint density at radius 3 is 2.62 bits per heavy atom. The van der Waals surface area contributed by atoms with Gasteiger partial charge in [0.25, 0.3) is 6.23 Å². The van der Waals surface area contributed by atoms with E-state index in [1.807, 2.05) is 41.4 Å². The van der Waals surface area contributed by atoms with Crippen molar-refractivity contribution in [2.24, 2.45) is 5.10 Å². The van der Waals surface area contributed by atoms with Crippen LogP contribution in [0, 0.1) is 6.92 Å². The van der Waals surface area contributed by atoms with Crippen molar-refractivity contribution < 1.29 is 19.0 Å². The second kappa shape index (κ2) is 9.28.